The molecular weight excluding hydrogens is 1800 g/mol. The van der Waals surface area contributed by atoms with E-state index in [2.05, 4.69) is 302 Å². The summed E-state index contributed by atoms with van der Waals surface area (Å²) in [6, 6.07) is 111. The lowest BCUT2D eigenvalue weighted by atomic mass is 9.85. The molecule has 19 aromatic carbocycles. The third-order valence-electron chi connectivity index (χ3n) is 27.6. The Morgan fingerprint density at radius 2 is 0.600 bits per heavy atom. The average Bonchev–Trinajstić information content (AvgIpc) is 0.756. The van der Waals surface area contributed by atoms with Gasteiger partial charge in [-0.3, -0.25) is 0 Å². The number of rotatable bonds is 6. The van der Waals surface area contributed by atoms with Gasteiger partial charge in [-0.15, -0.1) is 0 Å². The quantitative estimate of drug-likeness (QED) is 0.0934. The molecule has 0 aliphatic heterocycles. The molecule has 12 nitrogen and oxygen atoms in total. The van der Waals surface area contributed by atoms with Gasteiger partial charge in [0.1, 0.15) is 65.6 Å². The van der Waals surface area contributed by atoms with Crippen LogP contribution in [0.25, 0.3) is 209 Å². The van der Waals surface area contributed by atoms with Crippen LogP contribution in [0.4, 0.5) is 22.0 Å². The second-order valence-electron chi connectivity index (χ2n) is 38.6. The van der Waals surface area contributed by atoms with Crippen molar-refractivity contribution in [3.63, 3.8) is 0 Å². The van der Waals surface area contributed by atoms with Crippen LogP contribution in [0.1, 0.15) is 59.7 Å². The Bertz CT molecular complexity index is 9510. The normalized spacial score (nSPS) is 11.4. The molecule has 0 N–H and O–H groups in total. The molecule has 0 saturated heterocycles. The number of nitrogens with zero attached hydrogens (tertiary/aromatic N) is 12. The van der Waals surface area contributed by atoms with Crippen LogP contribution in [-0.4, -0.2) is 29.9 Å². The number of aromatic nitrogens is 12. The van der Waals surface area contributed by atoms with Gasteiger partial charge in [-0.05, 0) is 275 Å². The standard InChI is InChI=1S/C24H19N2.C24H25N2.2C20H15F2N2.C20H16FN2.C20H17N2/c1-16-13-18-8-3-4-9-19(18)14-22(16)24-25-23-20(15-26(24)2)12-11-17-7-5-6-10-21(17)23;1-16-14-19(24(2,3)4)12-13-20(16)23-25-22-18(15-26(23)5)11-10-17-8-6-7-9-21(17)22;1-12-17(9-15(21)10-18(12)22)20-23-19-14(11-24(20)2)8-7-13-5-3-4-6-16(13)19;1-12-5-3-4-6-14(12)20-23-19-8-7-15-16(17(19)11-24(20)2)9-13(21)10-18(15)22;1-13-5-3-4-6-17(13)20-22-19-15(12-23(20)2)8-7-14-11-16(21)9-10-18(14)19;1-14-7-3-5-9-16(14)20-21-13-18-17-10-6-4-8-15(17)11-12-19(18)22(20)2/h3-15H,1-2H3;6-15H,1-5H3;2*3-11H,1-2H3;3-12H,1-2H3;3-13H,1-2H3/q6*+1. The van der Waals surface area contributed by atoms with Crippen LogP contribution in [0.15, 0.2) is 377 Å². The Morgan fingerprint density at radius 3 is 1.10 bits per heavy atom. The van der Waals surface area contributed by atoms with Crippen LogP contribution in [0, 0.1) is 70.6 Å². The number of hydrogen-bond acceptors (Lipinski definition) is 6. The molecule has 0 unspecified atom stereocenters. The maximum absolute atomic E-state index is 14.0. The highest BCUT2D eigenvalue weighted by molar-refractivity contribution is 6.10. The summed E-state index contributed by atoms with van der Waals surface area (Å²) in [6.45, 7) is 19.0. The molecular formula is C128H107F5N12+6. The van der Waals surface area contributed by atoms with Crippen molar-refractivity contribution in [3.8, 4) is 68.3 Å². The summed E-state index contributed by atoms with van der Waals surface area (Å²) >= 11 is 0. The third-order valence-corrected chi connectivity index (χ3v) is 27.6. The first-order valence-corrected chi connectivity index (χ1v) is 48.5. The summed E-state index contributed by atoms with van der Waals surface area (Å²) in [4.78, 5) is 29.3. The molecule has 25 rings (SSSR count). The molecule has 0 aliphatic rings. The highest BCUT2D eigenvalue weighted by Gasteiger charge is 2.29. The van der Waals surface area contributed by atoms with Gasteiger partial charge >= 0.3 is 34.9 Å². The molecule has 0 spiro atoms. The Labute approximate surface area is 838 Å². The number of benzene rings is 19. The largest absolute Gasteiger partial charge is 0.331 e. The summed E-state index contributed by atoms with van der Waals surface area (Å²) in [5.74, 6) is 2.73. The summed E-state index contributed by atoms with van der Waals surface area (Å²) in [6.07, 6.45) is 12.3. The first-order chi connectivity index (χ1) is 70.0. The molecule has 6 heterocycles. The van der Waals surface area contributed by atoms with E-state index in [0.717, 1.165) is 123 Å². The van der Waals surface area contributed by atoms with Crippen molar-refractivity contribution in [1.82, 2.24) is 29.9 Å². The van der Waals surface area contributed by atoms with Gasteiger partial charge in [-0.2, -0.15) is 0 Å². The van der Waals surface area contributed by atoms with Crippen LogP contribution in [0.5, 0.6) is 0 Å². The third kappa shape index (κ3) is 19.0. The predicted octanol–water partition coefficient (Wildman–Crippen LogP) is 28.3. The van der Waals surface area contributed by atoms with Crippen molar-refractivity contribution in [1.29, 1.82) is 0 Å². The summed E-state index contributed by atoms with van der Waals surface area (Å²) < 4.78 is 81.0. The van der Waals surface area contributed by atoms with Gasteiger partial charge in [0.2, 0.25) is 0 Å². The SMILES string of the molecule is Cc1c(F)cc(F)cc1-c1nc2c(ccc3ccccc32)c[n+]1C.Cc1cc(C(C)(C)C)ccc1-c1nc2c(ccc3ccccc32)c[n+]1C.Cc1cc2ccccc2cc1-c1nc2c(ccc3ccccc32)c[n+]1C.Cc1ccccc1-c1nc2c(ccc3cc(F)ccc32)c[n+]1C.Cc1ccccc1-c1nc2ccc3c(F)cc(F)cc3c2c[n+]1C.Cc1ccccc1-c1ncc2c3ccccc3ccc2[n+]1C. The minimum absolute atomic E-state index is 0.151. The lowest BCUT2D eigenvalue weighted by Crippen LogP contribution is -2.33. The lowest BCUT2D eigenvalue weighted by molar-refractivity contribution is -0.661. The second kappa shape index (κ2) is 39.6. The van der Waals surface area contributed by atoms with Gasteiger partial charge in [-0.25, -0.2) is 49.4 Å². The minimum Gasteiger partial charge on any atom is -0.232 e. The Hall–Kier alpha value is -17.3. The second-order valence-corrected chi connectivity index (χ2v) is 38.6. The lowest BCUT2D eigenvalue weighted by Gasteiger charge is -2.20. The van der Waals surface area contributed by atoms with Crippen molar-refractivity contribution < 1.29 is 49.4 Å². The van der Waals surface area contributed by atoms with Crippen molar-refractivity contribution in [2.45, 2.75) is 67.7 Å². The molecule has 0 bridgehead atoms. The number of fused-ring (bicyclic) bond motifs is 19. The molecule has 6 aromatic heterocycles. The first kappa shape index (κ1) is 95.2. The molecule has 708 valence electrons. The van der Waals surface area contributed by atoms with Gasteiger partial charge < -0.3 is 0 Å². The molecule has 0 amide bonds. The highest BCUT2D eigenvalue weighted by atomic mass is 19.1. The van der Waals surface area contributed by atoms with E-state index in [-0.39, 0.29) is 11.2 Å². The zero-order valence-electron chi connectivity index (χ0n) is 83.6. The zero-order valence-corrected chi connectivity index (χ0v) is 83.6. The Balaban J connectivity index is 0.000000106. The smallest absolute Gasteiger partial charge is 0.232 e. The molecule has 0 atom stereocenters. The predicted molar refractivity (Wildman–Crippen MR) is 580 cm³/mol. The van der Waals surface area contributed by atoms with Crippen LogP contribution < -0.4 is 27.4 Å². The van der Waals surface area contributed by atoms with Gasteiger partial charge in [0, 0.05) is 50.0 Å². The fraction of sp³-hybridized carbons (Fsp3) is 0.125. The first-order valence-electron chi connectivity index (χ1n) is 48.5. The van der Waals surface area contributed by atoms with E-state index in [0.29, 0.717) is 33.2 Å². The van der Waals surface area contributed by atoms with Crippen LogP contribution in [-0.2, 0) is 47.7 Å². The minimum atomic E-state index is -0.604. The van der Waals surface area contributed by atoms with E-state index < -0.39 is 23.3 Å². The van der Waals surface area contributed by atoms with Crippen LogP contribution in [0.3, 0.4) is 0 Å². The molecule has 0 saturated carbocycles. The van der Waals surface area contributed by atoms with E-state index in [1.807, 2.05) is 147 Å². The van der Waals surface area contributed by atoms with Crippen molar-refractivity contribution in [2.24, 2.45) is 42.3 Å². The van der Waals surface area contributed by atoms with E-state index in [1.165, 1.54) is 122 Å². The molecule has 25 aromatic rings. The molecule has 0 radical (unpaired) electrons. The van der Waals surface area contributed by atoms with E-state index in [4.69, 9.17) is 29.9 Å². The summed E-state index contributed by atoms with van der Waals surface area (Å²) in [7, 11) is 12.0. The van der Waals surface area contributed by atoms with Crippen LogP contribution in [0.2, 0.25) is 0 Å². The maximum atomic E-state index is 14.0. The van der Waals surface area contributed by atoms with Gasteiger partial charge in [-0.1, -0.05) is 227 Å². The molecule has 0 aliphatic carbocycles. The zero-order chi connectivity index (χ0) is 101. The summed E-state index contributed by atoms with van der Waals surface area (Å²) in [5, 5.41) is 21.0. The van der Waals surface area contributed by atoms with Crippen molar-refractivity contribution >= 4 is 141 Å². The molecule has 0 fully saturated rings. The van der Waals surface area contributed by atoms with E-state index in [9.17, 15) is 22.0 Å². The number of aryl methyl sites for hydroxylation is 11. The number of hydrogen-bond donors (Lipinski definition) is 0. The fourth-order valence-corrected chi connectivity index (χ4v) is 19.8. The molecule has 145 heavy (non-hydrogen) atoms. The maximum Gasteiger partial charge on any atom is 0.331 e. The van der Waals surface area contributed by atoms with Gasteiger partial charge in [0.05, 0.1) is 108 Å². The Kier molecular flexibility index (Phi) is 26.0. The van der Waals surface area contributed by atoms with Gasteiger partial charge in [0.15, 0.2) is 33.8 Å². The summed E-state index contributed by atoms with van der Waals surface area (Å²) in [5.41, 5.74) is 19.9. The Morgan fingerprint density at radius 1 is 0.228 bits per heavy atom. The average molecular weight is 1910 g/mol. The van der Waals surface area contributed by atoms with Gasteiger partial charge in [0.25, 0.3) is 0 Å². The molecule has 17 heteroatoms. The van der Waals surface area contributed by atoms with E-state index >= 15 is 0 Å². The highest BCUT2D eigenvalue weighted by Crippen LogP contribution is 2.38. The van der Waals surface area contributed by atoms with Crippen molar-refractivity contribution in [3.05, 3.63) is 445 Å². The monoisotopic (exact) mass is 1910 g/mol. The topological polar surface area (TPSA) is 101 Å². The van der Waals surface area contributed by atoms with Crippen molar-refractivity contribution in [2.75, 3.05) is 0 Å². The fourth-order valence-electron chi connectivity index (χ4n) is 19.8. The number of halogens is 5. The van der Waals surface area contributed by atoms with Crippen LogP contribution >= 0.6 is 0 Å². The van der Waals surface area contributed by atoms with E-state index in [1.54, 1.807) is 29.7 Å².